The van der Waals surface area contributed by atoms with Crippen LogP contribution in [-0.4, -0.2) is 37.6 Å². The van der Waals surface area contributed by atoms with Crippen molar-refractivity contribution in [2.45, 2.75) is 32.7 Å². The molecule has 1 heterocycles. The summed E-state index contributed by atoms with van der Waals surface area (Å²) >= 11 is 0. The Labute approximate surface area is 84.7 Å². The second-order valence-electron chi connectivity index (χ2n) is 3.56. The Morgan fingerprint density at radius 3 is 2.29 bits per heavy atom. The minimum absolute atomic E-state index is 0.173. The minimum Gasteiger partial charge on any atom is -0.298 e. The highest BCUT2D eigenvalue weighted by Gasteiger charge is 2.27. The molecule has 82 valence electrons. The zero-order valence-corrected chi connectivity index (χ0v) is 9.30. The summed E-state index contributed by atoms with van der Waals surface area (Å²) in [6.07, 6.45) is 1.80. The Morgan fingerprint density at radius 1 is 1.36 bits per heavy atom. The summed E-state index contributed by atoms with van der Waals surface area (Å²) in [5.41, 5.74) is 0. The van der Waals surface area contributed by atoms with Gasteiger partial charge in [-0.25, -0.2) is 0 Å². The molecule has 0 aliphatic carbocycles. The Balaban J connectivity index is 2.61. The highest BCUT2D eigenvalue weighted by Crippen LogP contribution is 2.11. The van der Waals surface area contributed by atoms with E-state index in [0.29, 0.717) is 13.1 Å². The summed E-state index contributed by atoms with van der Waals surface area (Å²) in [7, 11) is -3.44. The van der Waals surface area contributed by atoms with Gasteiger partial charge in [-0.1, -0.05) is 0 Å². The molecule has 0 spiro atoms. The van der Waals surface area contributed by atoms with Crippen molar-refractivity contribution in [3.63, 3.8) is 0 Å². The van der Waals surface area contributed by atoms with Crippen LogP contribution in [0.3, 0.4) is 0 Å². The third-order valence-corrected chi connectivity index (χ3v) is 4.04. The summed E-state index contributed by atoms with van der Waals surface area (Å²) in [6.45, 7) is 4.03. The van der Waals surface area contributed by atoms with E-state index in [0.717, 1.165) is 12.8 Å². The molecular weight excluding hydrogens is 204 g/mol. The van der Waals surface area contributed by atoms with Crippen LogP contribution in [0.4, 0.5) is 0 Å². The first-order valence-corrected chi connectivity index (χ1v) is 6.15. The van der Waals surface area contributed by atoms with E-state index in [1.54, 1.807) is 6.92 Å². The van der Waals surface area contributed by atoms with Gasteiger partial charge in [0.05, 0.1) is 6.04 Å². The van der Waals surface area contributed by atoms with Crippen LogP contribution < -0.4 is 4.72 Å². The molecular formula is C8H16N2O3S. The second kappa shape index (κ2) is 4.37. The van der Waals surface area contributed by atoms with Crippen molar-refractivity contribution in [3.05, 3.63) is 0 Å². The van der Waals surface area contributed by atoms with Crippen LogP contribution in [0.1, 0.15) is 26.7 Å². The number of nitrogens with zero attached hydrogens (tertiary/aromatic N) is 1. The smallest absolute Gasteiger partial charge is 0.280 e. The van der Waals surface area contributed by atoms with E-state index in [9.17, 15) is 13.2 Å². The summed E-state index contributed by atoms with van der Waals surface area (Å²) in [4.78, 5) is 10.9. The summed E-state index contributed by atoms with van der Waals surface area (Å²) in [5.74, 6) is -0.173. The standard InChI is InChI=1S/C8H16N2O3S/c1-7(8(2)11)9-14(12,13)10-5-3-4-6-10/h7,9H,3-6H2,1-2H3. The molecule has 1 atom stereocenters. The number of ketones is 1. The number of hydrogen-bond acceptors (Lipinski definition) is 3. The van der Waals surface area contributed by atoms with Crippen LogP contribution >= 0.6 is 0 Å². The Kier molecular flexibility index (Phi) is 3.63. The lowest BCUT2D eigenvalue weighted by atomic mass is 10.3. The van der Waals surface area contributed by atoms with Crippen molar-refractivity contribution in [2.24, 2.45) is 0 Å². The fraction of sp³-hybridized carbons (Fsp3) is 0.875. The maximum atomic E-state index is 11.6. The number of carbonyl (C=O) groups excluding carboxylic acids is 1. The molecule has 0 bridgehead atoms. The van der Waals surface area contributed by atoms with Crippen molar-refractivity contribution in [2.75, 3.05) is 13.1 Å². The third kappa shape index (κ3) is 2.76. The van der Waals surface area contributed by atoms with E-state index in [1.165, 1.54) is 11.2 Å². The summed E-state index contributed by atoms with van der Waals surface area (Å²) in [5, 5.41) is 0. The number of hydrogen-bond donors (Lipinski definition) is 1. The molecule has 0 aromatic rings. The topological polar surface area (TPSA) is 66.5 Å². The lowest BCUT2D eigenvalue weighted by molar-refractivity contribution is -0.118. The van der Waals surface area contributed by atoms with Gasteiger partial charge in [-0.15, -0.1) is 0 Å². The van der Waals surface area contributed by atoms with Gasteiger partial charge in [0.2, 0.25) is 0 Å². The highest BCUT2D eigenvalue weighted by molar-refractivity contribution is 7.87. The molecule has 14 heavy (non-hydrogen) atoms. The van der Waals surface area contributed by atoms with Gasteiger partial charge in [0.15, 0.2) is 0 Å². The molecule has 1 N–H and O–H groups in total. The molecule has 1 unspecified atom stereocenters. The lowest BCUT2D eigenvalue weighted by Gasteiger charge is -2.18. The first kappa shape index (κ1) is 11.6. The molecule has 6 heteroatoms. The molecule has 0 aromatic heterocycles. The minimum atomic E-state index is -3.44. The first-order chi connectivity index (χ1) is 6.43. The molecule has 1 fully saturated rings. The first-order valence-electron chi connectivity index (χ1n) is 4.71. The maximum Gasteiger partial charge on any atom is 0.280 e. The quantitative estimate of drug-likeness (QED) is 0.719. The van der Waals surface area contributed by atoms with Gasteiger partial charge in [0, 0.05) is 13.1 Å². The predicted molar refractivity (Wildman–Crippen MR) is 53.0 cm³/mol. The summed E-state index contributed by atoms with van der Waals surface area (Å²) < 4.78 is 26.9. The number of nitrogens with one attached hydrogen (secondary N) is 1. The number of rotatable bonds is 4. The zero-order chi connectivity index (χ0) is 10.8. The van der Waals surface area contributed by atoms with Crippen molar-refractivity contribution < 1.29 is 13.2 Å². The largest absolute Gasteiger partial charge is 0.298 e. The van der Waals surface area contributed by atoms with Gasteiger partial charge in [0.25, 0.3) is 10.2 Å². The lowest BCUT2D eigenvalue weighted by Crippen LogP contribution is -2.45. The number of Topliss-reactive ketones (excluding diaryl/α,β-unsaturated/α-hetero) is 1. The van der Waals surface area contributed by atoms with E-state index in [-0.39, 0.29) is 5.78 Å². The Morgan fingerprint density at radius 2 is 1.86 bits per heavy atom. The van der Waals surface area contributed by atoms with Crippen molar-refractivity contribution >= 4 is 16.0 Å². The zero-order valence-electron chi connectivity index (χ0n) is 8.49. The molecule has 0 radical (unpaired) electrons. The van der Waals surface area contributed by atoms with Gasteiger partial charge >= 0.3 is 0 Å². The van der Waals surface area contributed by atoms with Gasteiger partial charge in [-0.05, 0) is 26.7 Å². The number of carbonyl (C=O) groups is 1. The van der Waals surface area contributed by atoms with Gasteiger partial charge in [-0.2, -0.15) is 17.4 Å². The second-order valence-corrected chi connectivity index (χ2v) is 5.26. The molecule has 1 saturated heterocycles. The van der Waals surface area contributed by atoms with Crippen LogP contribution in [0.25, 0.3) is 0 Å². The van der Waals surface area contributed by atoms with Gasteiger partial charge in [0.1, 0.15) is 5.78 Å². The fourth-order valence-corrected chi connectivity index (χ4v) is 2.81. The average molecular weight is 220 g/mol. The van der Waals surface area contributed by atoms with Crippen LogP contribution in [0, 0.1) is 0 Å². The Bertz CT molecular complexity index is 307. The normalized spacial score (nSPS) is 21.0. The van der Waals surface area contributed by atoms with Crippen LogP contribution in [0.5, 0.6) is 0 Å². The van der Waals surface area contributed by atoms with Gasteiger partial charge in [-0.3, -0.25) is 4.79 Å². The van der Waals surface area contributed by atoms with Crippen LogP contribution in [-0.2, 0) is 15.0 Å². The van der Waals surface area contributed by atoms with Crippen LogP contribution in [0.15, 0.2) is 0 Å². The summed E-state index contributed by atoms with van der Waals surface area (Å²) in [6, 6.07) is -0.638. The average Bonchev–Trinajstić information content (AvgIpc) is 2.54. The van der Waals surface area contributed by atoms with E-state index >= 15 is 0 Å². The fourth-order valence-electron chi connectivity index (χ4n) is 1.31. The molecule has 5 nitrogen and oxygen atoms in total. The van der Waals surface area contributed by atoms with E-state index < -0.39 is 16.3 Å². The van der Waals surface area contributed by atoms with Crippen molar-refractivity contribution in [3.8, 4) is 0 Å². The predicted octanol–water partition coefficient (Wildman–Crippen LogP) is -0.106. The maximum absolute atomic E-state index is 11.6. The van der Waals surface area contributed by atoms with E-state index in [2.05, 4.69) is 4.72 Å². The molecule has 1 rings (SSSR count). The SMILES string of the molecule is CC(=O)C(C)NS(=O)(=O)N1CCCC1. The third-order valence-electron chi connectivity index (χ3n) is 2.34. The van der Waals surface area contributed by atoms with Gasteiger partial charge < -0.3 is 0 Å². The molecule has 1 aliphatic rings. The molecule has 0 amide bonds. The molecule has 0 saturated carbocycles. The Hall–Kier alpha value is -0.460. The van der Waals surface area contributed by atoms with E-state index in [1.807, 2.05) is 0 Å². The molecule has 0 aromatic carbocycles. The molecule has 1 aliphatic heterocycles. The van der Waals surface area contributed by atoms with Crippen LogP contribution in [0.2, 0.25) is 0 Å². The highest BCUT2D eigenvalue weighted by atomic mass is 32.2. The van der Waals surface area contributed by atoms with Crippen molar-refractivity contribution in [1.29, 1.82) is 0 Å². The van der Waals surface area contributed by atoms with Crippen molar-refractivity contribution in [1.82, 2.24) is 9.03 Å². The van der Waals surface area contributed by atoms with E-state index in [4.69, 9.17) is 0 Å². The monoisotopic (exact) mass is 220 g/mol.